The number of phenolic OH excluding ortho intramolecular Hbond substituents is 1. The number of hydrazone groups is 1. The van der Waals surface area contributed by atoms with Crippen molar-refractivity contribution in [2.24, 2.45) is 5.10 Å². The highest BCUT2D eigenvalue weighted by molar-refractivity contribution is 6.04. The molecule has 0 radical (unpaired) electrons. The lowest BCUT2D eigenvalue weighted by Crippen LogP contribution is -2.19. The van der Waals surface area contributed by atoms with Gasteiger partial charge in [-0.1, -0.05) is 0 Å². The highest BCUT2D eigenvalue weighted by Crippen LogP contribution is 2.38. The van der Waals surface area contributed by atoms with Crippen molar-refractivity contribution in [3.05, 3.63) is 58.4 Å². The minimum Gasteiger partial charge on any atom is -0.507 e. The maximum Gasteiger partial charge on any atom is 0.335 e. The van der Waals surface area contributed by atoms with E-state index in [0.717, 1.165) is 0 Å². The maximum atomic E-state index is 13.5. The number of carbonyl (C=O) groups is 1. The van der Waals surface area contributed by atoms with E-state index in [1.54, 1.807) is 0 Å². The highest BCUT2D eigenvalue weighted by Gasteiger charge is 2.29. The van der Waals surface area contributed by atoms with Gasteiger partial charge in [0.2, 0.25) is 0 Å². The third-order valence-electron chi connectivity index (χ3n) is 4.38. The molecule has 134 valence electrons. The van der Waals surface area contributed by atoms with Crippen molar-refractivity contribution in [1.29, 1.82) is 0 Å². The van der Waals surface area contributed by atoms with Gasteiger partial charge >= 0.3 is 5.97 Å². The number of hydrogen-bond acceptors (Lipinski definition) is 6. The van der Waals surface area contributed by atoms with E-state index >= 15 is 0 Å². The van der Waals surface area contributed by atoms with E-state index < -0.39 is 11.8 Å². The second-order valence-electron chi connectivity index (χ2n) is 6.08. The number of nitrogens with zero attached hydrogens (tertiary/aromatic N) is 1. The summed E-state index contributed by atoms with van der Waals surface area (Å²) in [6.07, 6.45) is 0.344. The van der Waals surface area contributed by atoms with Gasteiger partial charge in [0, 0.05) is 23.1 Å². The first kappa shape index (κ1) is 16.3. The van der Waals surface area contributed by atoms with Crippen LogP contribution in [0.5, 0.6) is 11.5 Å². The van der Waals surface area contributed by atoms with Crippen molar-refractivity contribution < 1.29 is 28.9 Å². The molecule has 0 bridgehead atoms. The zero-order chi connectivity index (χ0) is 18.3. The molecule has 0 spiro atoms. The molecular formula is C18H15FN2O5. The summed E-state index contributed by atoms with van der Waals surface area (Å²) < 4.78 is 24.3. The number of aromatic carboxylic acids is 1. The van der Waals surface area contributed by atoms with E-state index in [4.69, 9.17) is 9.47 Å². The standard InChI is InChI=1S/C18H15FN2O5/c19-11-1-2-16(22)12(5-11)14-6-15(21-20-14)13-4-9(18(23)24)3-10-7-25-8-26-17(10)13/h1-5,15,21-22H,6-8H2,(H,23,24)/t15-/m0/s1. The Balaban J connectivity index is 1.68. The van der Waals surface area contributed by atoms with Crippen LogP contribution in [0.4, 0.5) is 4.39 Å². The molecule has 0 amide bonds. The monoisotopic (exact) mass is 358 g/mol. The van der Waals surface area contributed by atoms with E-state index in [0.29, 0.717) is 34.6 Å². The topological polar surface area (TPSA) is 100 Å². The number of carboxylic acids is 1. The molecule has 2 aromatic carbocycles. The van der Waals surface area contributed by atoms with Gasteiger partial charge in [-0.3, -0.25) is 0 Å². The molecule has 0 aliphatic carbocycles. The second kappa shape index (κ2) is 6.30. The summed E-state index contributed by atoms with van der Waals surface area (Å²) in [7, 11) is 0. The van der Waals surface area contributed by atoms with Crippen molar-refractivity contribution in [3.8, 4) is 11.5 Å². The van der Waals surface area contributed by atoms with Gasteiger partial charge in [0.25, 0.3) is 0 Å². The molecule has 0 fully saturated rings. The molecular weight excluding hydrogens is 343 g/mol. The predicted molar refractivity (Wildman–Crippen MR) is 88.8 cm³/mol. The fourth-order valence-electron chi connectivity index (χ4n) is 3.16. The van der Waals surface area contributed by atoms with Crippen molar-refractivity contribution in [3.63, 3.8) is 0 Å². The van der Waals surface area contributed by atoms with Crippen LogP contribution in [0.3, 0.4) is 0 Å². The fraction of sp³-hybridized carbons (Fsp3) is 0.222. The average Bonchev–Trinajstić information content (AvgIpc) is 3.12. The van der Waals surface area contributed by atoms with Crippen LogP contribution in [-0.4, -0.2) is 28.7 Å². The number of carboxylic acid groups (broad SMARTS) is 1. The fourth-order valence-corrected chi connectivity index (χ4v) is 3.16. The summed E-state index contributed by atoms with van der Waals surface area (Å²) >= 11 is 0. The van der Waals surface area contributed by atoms with Gasteiger partial charge in [0.1, 0.15) is 17.3 Å². The molecule has 3 N–H and O–H groups in total. The van der Waals surface area contributed by atoms with Crippen LogP contribution in [0.2, 0.25) is 0 Å². The van der Waals surface area contributed by atoms with Crippen LogP contribution in [0, 0.1) is 5.82 Å². The lowest BCUT2D eigenvalue weighted by atomic mass is 9.94. The number of benzene rings is 2. The van der Waals surface area contributed by atoms with Gasteiger partial charge in [-0.15, -0.1) is 0 Å². The molecule has 2 heterocycles. The third kappa shape index (κ3) is 2.84. The van der Waals surface area contributed by atoms with Gasteiger partial charge in [0.05, 0.1) is 23.9 Å². The number of fused-ring (bicyclic) bond motifs is 1. The zero-order valence-electron chi connectivity index (χ0n) is 13.5. The molecule has 0 saturated carbocycles. The van der Waals surface area contributed by atoms with Gasteiger partial charge < -0.3 is 25.1 Å². The lowest BCUT2D eigenvalue weighted by molar-refractivity contribution is -0.0173. The molecule has 0 saturated heterocycles. The summed E-state index contributed by atoms with van der Waals surface area (Å²) in [4.78, 5) is 11.4. The Hall–Kier alpha value is -3.13. The Bertz CT molecular complexity index is 928. The van der Waals surface area contributed by atoms with Gasteiger partial charge in [-0.25, -0.2) is 9.18 Å². The Morgan fingerprint density at radius 3 is 2.96 bits per heavy atom. The van der Waals surface area contributed by atoms with Crippen LogP contribution in [0.1, 0.15) is 39.5 Å². The second-order valence-corrected chi connectivity index (χ2v) is 6.08. The van der Waals surface area contributed by atoms with E-state index in [1.807, 2.05) is 0 Å². The quantitative estimate of drug-likeness (QED) is 0.780. The van der Waals surface area contributed by atoms with Gasteiger partial charge in [-0.2, -0.15) is 5.10 Å². The minimum absolute atomic E-state index is 0.0708. The highest BCUT2D eigenvalue weighted by atomic mass is 19.1. The summed E-state index contributed by atoms with van der Waals surface area (Å²) in [6, 6.07) is 6.35. The van der Waals surface area contributed by atoms with E-state index in [-0.39, 0.29) is 30.8 Å². The number of nitrogens with one attached hydrogen (secondary N) is 1. The van der Waals surface area contributed by atoms with Crippen LogP contribution in [0.25, 0.3) is 0 Å². The largest absolute Gasteiger partial charge is 0.507 e. The SMILES string of the molecule is O=C(O)c1cc2c(c([C@@H]3CC(c4cc(F)ccc4O)=NN3)c1)OCOC2. The normalized spacial score (nSPS) is 18.5. The first-order valence-corrected chi connectivity index (χ1v) is 7.94. The molecule has 2 aliphatic rings. The van der Waals surface area contributed by atoms with Gasteiger partial charge in [0.15, 0.2) is 6.79 Å². The third-order valence-corrected chi connectivity index (χ3v) is 4.38. The molecule has 2 aromatic rings. The average molecular weight is 358 g/mol. The van der Waals surface area contributed by atoms with Crippen molar-refractivity contribution in [2.75, 3.05) is 6.79 Å². The van der Waals surface area contributed by atoms with Crippen LogP contribution >= 0.6 is 0 Å². The molecule has 0 unspecified atom stereocenters. The number of phenols is 1. The summed E-state index contributed by atoms with van der Waals surface area (Å²) in [6.45, 7) is 0.339. The Morgan fingerprint density at radius 1 is 1.31 bits per heavy atom. The number of hydrogen-bond donors (Lipinski definition) is 3. The van der Waals surface area contributed by atoms with E-state index in [9.17, 15) is 19.4 Å². The number of aromatic hydroxyl groups is 1. The molecule has 7 nitrogen and oxygen atoms in total. The number of ether oxygens (including phenoxy) is 2. The van der Waals surface area contributed by atoms with Crippen LogP contribution < -0.4 is 10.2 Å². The smallest absolute Gasteiger partial charge is 0.335 e. The summed E-state index contributed by atoms with van der Waals surface area (Å²) in [5.74, 6) is -1.03. The predicted octanol–water partition coefficient (Wildman–Crippen LogP) is 2.53. The van der Waals surface area contributed by atoms with Crippen LogP contribution in [0.15, 0.2) is 35.4 Å². The molecule has 1 atom stereocenters. The van der Waals surface area contributed by atoms with Crippen LogP contribution in [-0.2, 0) is 11.3 Å². The maximum absolute atomic E-state index is 13.5. The van der Waals surface area contributed by atoms with Crippen molar-refractivity contribution in [1.82, 2.24) is 5.43 Å². The Labute approximate surface area is 147 Å². The first-order chi connectivity index (χ1) is 12.5. The molecule has 2 aliphatic heterocycles. The minimum atomic E-state index is -1.05. The number of halogens is 1. The van der Waals surface area contributed by atoms with E-state index in [2.05, 4.69) is 10.5 Å². The van der Waals surface area contributed by atoms with Crippen molar-refractivity contribution in [2.45, 2.75) is 19.1 Å². The molecule has 4 rings (SSSR count). The molecule has 8 heteroatoms. The zero-order valence-corrected chi connectivity index (χ0v) is 13.5. The summed E-state index contributed by atoms with van der Waals surface area (Å²) in [5, 5.41) is 23.5. The summed E-state index contributed by atoms with van der Waals surface area (Å²) in [5.41, 5.74) is 5.11. The van der Waals surface area contributed by atoms with Gasteiger partial charge in [-0.05, 0) is 30.3 Å². The molecule has 26 heavy (non-hydrogen) atoms. The Morgan fingerprint density at radius 2 is 2.15 bits per heavy atom. The lowest BCUT2D eigenvalue weighted by Gasteiger charge is -2.23. The number of rotatable bonds is 3. The molecule has 0 aromatic heterocycles. The van der Waals surface area contributed by atoms with E-state index in [1.165, 1.54) is 30.3 Å². The Kier molecular flexibility index (Phi) is 3.96. The first-order valence-electron chi connectivity index (χ1n) is 7.94. The van der Waals surface area contributed by atoms with Crippen molar-refractivity contribution >= 4 is 11.7 Å².